The summed E-state index contributed by atoms with van der Waals surface area (Å²) >= 11 is 3.61. The van der Waals surface area contributed by atoms with Gasteiger partial charge in [0.15, 0.2) is 0 Å². The molecule has 0 N–H and O–H groups in total. The number of benzene rings is 1. The number of hydrogen-bond donors (Lipinski definition) is 0. The summed E-state index contributed by atoms with van der Waals surface area (Å²) in [5.74, 6) is 1.29. The Hall–Kier alpha value is -1.20. The van der Waals surface area contributed by atoms with E-state index >= 15 is 0 Å². The Balaban J connectivity index is 2.02. The number of nitrogens with zero attached hydrogens (tertiary/aromatic N) is 3. The van der Waals surface area contributed by atoms with Crippen LogP contribution < -0.4 is 0 Å². The van der Waals surface area contributed by atoms with Crippen molar-refractivity contribution in [2.75, 3.05) is 7.05 Å². The molecule has 4 nitrogen and oxygen atoms in total. The van der Waals surface area contributed by atoms with Gasteiger partial charge < -0.3 is 4.42 Å². The zero-order valence-corrected chi connectivity index (χ0v) is 13.7. The molecule has 0 saturated carbocycles. The molecule has 1 aromatic carbocycles. The smallest absolute Gasteiger partial charge is 0.230 e. The lowest BCUT2D eigenvalue weighted by Gasteiger charge is -2.26. The lowest BCUT2D eigenvalue weighted by Crippen LogP contribution is -2.32. The molecule has 1 heterocycles. The minimum absolute atomic E-state index is 0.445. The minimum atomic E-state index is 0.445. The Morgan fingerprint density at radius 1 is 1.30 bits per heavy atom. The van der Waals surface area contributed by atoms with Gasteiger partial charge in [-0.05, 0) is 31.5 Å². The molecule has 0 spiro atoms. The van der Waals surface area contributed by atoms with E-state index in [1.807, 2.05) is 13.0 Å². The first kappa shape index (κ1) is 15.2. The highest BCUT2D eigenvalue weighted by atomic mass is 79.9. The van der Waals surface area contributed by atoms with Crippen LogP contribution in [-0.2, 0) is 13.0 Å². The van der Waals surface area contributed by atoms with E-state index < -0.39 is 0 Å². The third kappa shape index (κ3) is 3.90. The normalized spacial score (nSPS) is 12.8. The van der Waals surface area contributed by atoms with Gasteiger partial charge in [0, 0.05) is 17.4 Å². The first-order valence-electron chi connectivity index (χ1n) is 6.82. The maximum absolute atomic E-state index is 5.45. The summed E-state index contributed by atoms with van der Waals surface area (Å²) in [6.07, 6.45) is 2.08. The molecule has 5 heteroatoms. The van der Waals surface area contributed by atoms with E-state index in [0.29, 0.717) is 24.4 Å². The molecule has 0 aliphatic carbocycles. The van der Waals surface area contributed by atoms with Crippen LogP contribution in [0.25, 0.3) is 0 Å². The van der Waals surface area contributed by atoms with Crippen molar-refractivity contribution in [3.05, 3.63) is 46.1 Å². The second-order valence-electron chi connectivity index (χ2n) is 4.99. The lowest BCUT2D eigenvalue weighted by atomic mass is 10.0. The molecular formula is C15H20BrN3O. The summed E-state index contributed by atoms with van der Waals surface area (Å²) in [7, 11) is 2.10. The van der Waals surface area contributed by atoms with E-state index in [0.717, 1.165) is 12.8 Å². The number of halogens is 1. The quantitative estimate of drug-likeness (QED) is 0.807. The highest BCUT2D eigenvalue weighted by Crippen LogP contribution is 2.20. The average molecular weight is 338 g/mol. The van der Waals surface area contributed by atoms with Gasteiger partial charge in [-0.2, -0.15) is 0 Å². The lowest BCUT2D eigenvalue weighted by molar-refractivity contribution is 0.204. The standard InChI is InChI=1S/C15H20BrN3O/c1-4-13(9-12-7-5-6-8-14(12)16)19(3)10-15-18-17-11(2)20-15/h5-8,13H,4,9-10H2,1-3H3/t13-/m1/s1. The summed E-state index contributed by atoms with van der Waals surface area (Å²) in [4.78, 5) is 2.27. The van der Waals surface area contributed by atoms with E-state index in [1.165, 1.54) is 10.0 Å². The van der Waals surface area contributed by atoms with Crippen LogP contribution in [0.4, 0.5) is 0 Å². The molecule has 0 unspecified atom stereocenters. The predicted octanol–water partition coefficient (Wildman–Crippen LogP) is 3.59. The van der Waals surface area contributed by atoms with Gasteiger partial charge in [-0.15, -0.1) is 10.2 Å². The maximum atomic E-state index is 5.45. The van der Waals surface area contributed by atoms with Gasteiger partial charge >= 0.3 is 0 Å². The number of hydrogen-bond acceptors (Lipinski definition) is 4. The zero-order chi connectivity index (χ0) is 14.5. The highest BCUT2D eigenvalue weighted by Gasteiger charge is 2.17. The molecule has 0 aliphatic rings. The van der Waals surface area contributed by atoms with E-state index in [2.05, 4.69) is 63.2 Å². The van der Waals surface area contributed by atoms with Gasteiger partial charge in [0.1, 0.15) is 0 Å². The van der Waals surface area contributed by atoms with Crippen LogP contribution in [0.5, 0.6) is 0 Å². The molecule has 0 fully saturated rings. The van der Waals surface area contributed by atoms with Crippen molar-refractivity contribution < 1.29 is 4.42 Å². The molecule has 0 bridgehead atoms. The fraction of sp³-hybridized carbons (Fsp3) is 0.467. The first-order chi connectivity index (χ1) is 9.60. The molecule has 0 amide bonds. The Bertz CT molecular complexity index is 556. The third-order valence-corrected chi connectivity index (χ3v) is 4.23. The average Bonchev–Trinajstić information content (AvgIpc) is 2.83. The minimum Gasteiger partial charge on any atom is -0.424 e. The first-order valence-corrected chi connectivity index (χ1v) is 7.62. The van der Waals surface area contributed by atoms with Crippen LogP contribution in [0.1, 0.15) is 30.7 Å². The summed E-state index contributed by atoms with van der Waals surface area (Å²) in [6, 6.07) is 8.81. The summed E-state index contributed by atoms with van der Waals surface area (Å²) in [6.45, 7) is 4.70. The summed E-state index contributed by atoms with van der Waals surface area (Å²) in [5, 5.41) is 7.93. The van der Waals surface area contributed by atoms with E-state index in [9.17, 15) is 0 Å². The molecule has 108 valence electrons. The largest absolute Gasteiger partial charge is 0.424 e. The topological polar surface area (TPSA) is 42.2 Å². The maximum Gasteiger partial charge on any atom is 0.230 e. The third-order valence-electron chi connectivity index (χ3n) is 3.46. The number of likely N-dealkylation sites (N-methyl/N-ethyl adjacent to an activating group) is 1. The molecule has 0 radical (unpaired) electrons. The molecule has 20 heavy (non-hydrogen) atoms. The van der Waals surface area contributed by atoms with Crippen molar-refractivity contribution in [2.45, 2.75) is 39.3 Å². The van der Waals surface area contributed by atoms with Crippen LogP contribution in [0.15, 0.2) is 33.2 Å². The zero-order valence-electron chi connectivity index (χ0n) is 12.1. The van der Waals surface area contributed by atoms with Gasteiger partial charge in [0.2, 0.25) is 11.8 Å². The predicted molar refractivity (Wildman–Crippen MR) is 82.4 cm³/mol. The summed E-state index contributed by atoms with van der Waals surface area (Å²) in [5.41, 5.74) is 1.33. The van der Waals surface area contributed by atoms with Crippen LogP contribution >= 0.6 is 15.9 Å². The van der Waals surface area contributed by atoms with Gasteiger partial charge in [0.25, 0.3) is 0 Å². The molecular weight excluding hydrogens is 318 g/mol. The van der Waals surface area contributed by atoms with Gasteiger partial charge in [-0.1, -0.05) is 41.1 Å². The molecule has 1 aromatic heterocycles. The number of rotatable bonds is 6. The van der Waals surface area contributed by atoms with Crippen molar-refractivity contribution >= 4 is 15.9 Å². The van der Waals surface area contributed by atoms with Gasteiger partial charge in [-0.3, -0.25) is 4.90 Å². The van der Waals surface area contributed by atoms with E-state index in [4.69, 9.17) is 4.42 Å². The molecule has 0 saturated heterocycles. The second kappa shape index (κ2) is 6.99. The Morgan fingerprint density at radius 2 is 2.05 bits per heavy atom. The van der Waals surface area contributed by atoms with Crippen molar-refractivity contribution in [2.24, 2.45) is 0 Å². The van der Waals surface area contributed by atoms with Crippen LogP contribution in [0, 0.1) is 6.92 Å². The molecule has 2 rings (SSSR count). The van der Waals surface area contributed by atoms with Crippen molar-refractivity contribution in [3.63, 3.8) is 0 Å². The van der Waals surface area contributed by atoms with Crippen LogP contribution in [0.3, 0.4) is 0 Å². The Labute approximate surface area is 128 Å². The molecule has 2 aromatic rings. The van der Waals surface area contributed by atoms with Crippen molar-refractivity contribution in [1.82, 2.24) is 15.1 Å². The number of aryl methyl sites for hydroxylation is 1. The highest BCUT2D eigenvalue weighted by molar-refractivity contribution is 9.10. The summed E-state index contributed by atoms with van der Waals surface area (Å²) < 4.78 is 6.62. The van der Waals surface area contributed by atoms with E-state index in [-0.39, 0.29) is 0 Å². The van der Waals surface area contributed by atoms with Gasteiger partial charge in [0.05, 0.1) is 6.54 Å². The fourth-order valence-corrected chi connectivity index (χ4v) is 2.72. The SMILES string of the molecule is CC[C@H](Cc1ccccc1Br)N(C)Cc1nnc(C)o1. The van der Waals surface area contributed by atoms with Crippen molar-refractivity contribution in [3.8, 4) is 0 Å². The van der Waals surface area contributed by atoms with Crippen molar-refractivity contribution in [1.29, 1.82) is 0 Å². The monoisotopic (exact) mass is 337 g/mol. The van der Waals surface area contributed by atoms with E-state index in [1.54, 1.807) is 0 Å². The molecule has 1 atom stereocenters. The number of aromatic nitrogens is 2. The second-order valence-corrected chi connectivity index (χ2v) is 5.84. The molecule has 0 aliphatic heterocycles. The Kier molecular flexibility index (Phi) is 5.31. The van der Waals surface area contributed by atoms with Crippen LogP contribution in [-0.4, -0.2) is 28.2 Å². The van der Waals surface area contributed by atoms with Crippen LogP contribution in [0.2, 0.25) is 0 Å². The fourth-order valence-electron chi connectivity index (χ4n) is 2.27. The van der Waals surface area contributed by atoms with Gasteiger partial charge in [-0.25, -0.2) is 0 Å². The Morgan fingerprint density at radius 3 is 2.65 bits per heavy atom.